The van der Waals surface area contributed by atoms with Gasteiger partial charge >= 0.3 is 6.03 Å². The summed E-state index contributed by atoms with van der Waals surface area (Å²) in [6.45, 7) is 1.47. The molecule has 1 spiro atoms. The second kappa shape index (κ2) is 10.4. The second-order valence-corrected chi connectivity index (χ2v) is 9.79. The maximum absolute atomic E-state index is 14.1. The molecule has 2 aromatic carbocycles. The summed E-state index contributed by atoms with van der Waals surface area (Å²) in [5, 5.41) is 12.9. The van der Waals surface area contributed by atoms with Gasteiger partial charge in [-0.3, -0.25) is 9.59 Å². The number of nitrogens with two attached hydrogens (primary N) is 1. The maximum Gasteiger partial charge on any atom is 0.332 e. The number of likely N-dealkylation sites (tertiary alicyclic amines) is 1. The molecule has 36 heavy (non-hydrogen) atoms. The molecule has 0 aromatic heterocycles. The molecule has 2 atom stereocenters. The molecule has 2 heterocycles. The molecule has 3 N–H and O–H groups in total. The molecule has 0 bridgehead atoms. The Kier molecular flexibility index (Phi) is 7.52. The van der Waals surface area contributed by atoms with Crippen molar-refractivity contribution in [3.05, 3.63) is 63.6 Å². The highest BCUT2D eigenvalue weighted by Gasteiger charge is 2.64. The fraction of sp³-hybridized carbons (Fsp3) is 0.360. The van der Waals surface area contributed by atoms with Crippen molar-refractivity contribution in [2.45, 2.75) is 17.9 Å². The first kappa shape index (κ1) is 25.9. The largest absolute Gasteiger partial charge is 0.338 e. The van der Waals surface area contributed by atoms with Gasteiger partial charge in [0.05, 0.1) is 30.4 Å². The number of carbonyl (C=O) groups is 3. The number of nitriles is 1. The van der Waals surface area contributed by atoms with E-state index >= 15 is 0 Å². The monoisotopic (exact) mass is 528 g/mol. The van der Waals surface area contributed by atoms with Gasteiger partial charge in [0, 0.05) is 29.6 Å². The van der Waals surface area contributed by atoms with Gasteiger partial charge in [0.2, 0.25) is 5.91 Å². The first-order valence-corrected chi connectivity index (χ1v) is 12.3. The molecule has 0 saturated carbocycles. The van der Waals surface area contributed by atoms with E-state index in [-0.39, 0.29) is 41.3 Å². The number of likely N-dealkylation sites (N-methyl/N-ethyl adjacent to an activating group) is 1. The van der Waals surface area contributed by atoms with Crippen LogP contribution in [0.25, 0.3) is 0 Å². The SMILES string of the molecule is CN1C(=O)N(c2cc(Cl)cc(Cl)c2)C(=O)[C@]12CN(C(=O)CNCCCN)C[C@H]2c1ccc(C#N)cc1. The predicted octanol–water partition coefficient (Wildman–Crippen LogP) is 2.57. The highest BCUT2D eigenvalue weighted by Crippen LogP contribution is 2.46. The van der Waals surface area contributed by atoms with Gasteiger partial charge in [-0.25, -0.2) is 9.69 Å². The van der Waals surface area contributed by atoms with Gasteiger partial charge in [-0.2, -0.15) is 5.26 Å². The Morgan fingerprint density at radius 3 is 2.47 bits per heavy atom. The van der Waals surface area contributed by atoms with Crippen molar-refractivity contribution in [3.8, 4) is 6.07 Å². The standard InChI is InChI=1S/C25H26Cl2N6O3/c1-31-24(36)33(20-10-18(26)9-19(27)11-20)23(35)25(31)15-32(22(34)13-30-8-2-7-28)14-21(25)17-5-3-16(12-29)4-6-17/h3-6,9-11,21,30H,2,7-8,13-15,28H2,1H3/t21-,25+/m0/s1. The van der Waals surface area contributed by atoms with Gasteiger partial charge in [0.25, 0.3) is 5.91 Å². The lowest BCUT2D eigenvalue weighted by Crippen LogP contribution is -2.54. The smallest absolute Gasteiger partial charge is 0.332 e. The normalized spacial score (nSPS) is 21.5. The van der Waals surface area contributed by atoms with Crippen molar-refractivity contribution in [1.82, 2.24) is 15.1 Å². The molecule has 2 fully saturated rings. The zero-order chi connectivity index (χ0) is 26.0. The third kappa shape index (κ3) is 4.53. The van der Waals surface area contributed by atoms with Crippen molar-refractivity contribution in [2.75, 3.05) is 44.7 Å². The zero-order valence-electron chi connectivity index (χ0n) is 19.7. The number of nitrogens with one attached hydrogen (secondary N) is 1. The number of imide groups is 1. The summed E-state index contributed by atoms with van der Waals surface area (Å²) in [5.74, 6) is -1.16. The number of anilines is 1. The van der Waals surface area contributed by atoms with Crippen molar-refractivity contribution in [2.24, 2.45) is 5.73 Å². The summed E-state index contributed by atoms with van der Waals surface area (Å²) in [6, 6.07) is 12.9. The van der Waals surface area contributed by atoms with E-state index in [9.17, 15) is 19.6 Å². The summed E-state index contributed by atoms with van der Waals surface area (Å²) >= 11 is 12.3. The van der Waals surface area contributed by atoms with Gasteiger partial charge in [-0.1, -0.05) is 35.3 Å². The number of nitrogens with zero attached hydrogens (tertiary/aromatic N) is 4. The fourth-order valence-corrected chi connectivity index (χ4v) is 5.44. The summed E-state index contributed by atoms with van der Waals surface area (Å²) in [7, 11) is 1.57. The Balaban J connectivity index is 1.73. The molecule has 0 radical (unpaired) electrons. The van der Waals surface area contributed by atoms with Gasteiger partial charge < -0.3 is 20.9 Å². The molecule has 0 unspecified atom stereocenters. The Bertz CT molecular complexity index is 1210. The number of urea groups is 1. The number of benzene rings is 2. The van der Waals surface area contributed by atoms with E-state index in [4.69, 9.17) is 28.9 Å². The molecule has 2 aromatic rings. The predicted molar refractivity (Wildman–Crippen MR) is 137 cm³/mol. The Labute approximate surface area is 219 Å². The molecular weight excluding hydrogens is 503 g/mol. The van der Waals surface area contributed by atoms with Crippen LogP contribution in [0.5, 0.6) is 0 Å². The molecular formula is C25H26Cl2N6O3. The van der Waals surface area contributed by atoms with Crippen LogP contribution >= 0.6 is 23.2 Å². The zero-order valence-corrected chi connectivity index (χ0v) is 21.2. The van der Waals surface area contributed by atoms with E-state index in [2.05, 4.69) is 11.4 Å². The van der Waals surface area contributed by atoms with Crippen LogP contribution in [0.1, 0.15) is 23.5 Å². The minimum atomic E-state index is -1.34. The molecule has 2 aliphatic heterocycles. The average Bonchev–Trinajstić information content (AvgIpc) is 3.34. The van der Waals surface area contributed by atoms with Crippen LogP contribution in [0, 0.1) is 11.3 Å². The van der Waals surface area contributed by atoms with Crippen LogP contribution in [0.4, 0.5) is 10.5 Å². The molecule has 2 aliphatic rings. The fourth-order valence-electron chi connectivity index (χ4n) is 4.93. The first-order chi connectivity index (χ1) is 17.2. The van der Waals surface area contributed by atoms with Gasteiger partial charge in [0.15, 0.2) is 0 Å². The van der Waals surface area contributed by atoms with Crippen molar-refractivity contribution < 1.29 is 14.4 Å². The average molecular weight is 529 g/mol. The topological polar surface area (TPSA) is 123 Å². The minimum Gasteiger partial charge on any atom is -0.338 e. The number of carbonyl (C=O) groups excluding carboxylic acids is 3. The lowest BCUT2D eigenvalue weighted by Gasteiger charge is -2.33. The number of rotatable bonds is 7. The van der Waals surface area contributed by atoms with Crippen LogP contribution in [0.15, 0.2) is 42.5 Å². The minimum absolute atomic E-state index is 0.0287. The van der Waals surface area contributed by atoms with E-state index in [1.807, 2.05) is 0 Å². The third-order valence-corrected chi connectivity index (χ3v) is 7.23. The molecule has 11 heteroatoms. The van der Waals surface area contributed by atoms with E-state index in [1.54, 1.807) is 36.2 Å². The van der Waals surface area contributed by atoms with E-state index in [0.29, 0.717) is 18.7 Å². The summed E-state index contributed by atoms with van der Waals surface area (Å²) in [6.07, 6.45) is 0.734. The second-order valence-electron chi connectivity index (χ2n) is 8.91. The highest BCUT2D eigenvalue weighted by molar-refractivity contribution is 6.35. The van der Waals surface area contributed by atoms with E-state index < -0.39 is 23.4 Å². The first-order valence-electron chi connectivity index (χ1n) is 11.5. The number of hydrogen-bond acceptors (Lipinski definition) is 6. The molecule has 4 amide bonds. The van der Waals surface area contributed by atoms with Crippen LogP contribution < -0.4 is 16.0 Å². The Hall–Kier alpha value is -3.16. The molecule has 0 aliphatic carbocycles. The van der Waals surface area contributed by atoms with Gasteiger partial charge in [-0.15, -0.1) is 0 Å². The summed E-state index contributed by atoms with van der Waals surface area (Å²) in [5.41, 5.74) is 5.66. The maximum atomic E-state index is 14.1. The van der Waals surface area contributed by atoms with E-state index in [0.717, 1.165) is 16.9 Å². The van der Waals surface area contributed by atoms with Crippen LogP contribution in [-0.2, 0) is 9.59 Å². The van der Waals surface area contributed by atoms with Gasteiger partial charge in [0.1, 0.15) is 5.54 Å². The lowest BCUT2D eigenvalue weighted by molar-refractivity contribution is -0.130. The Morgan fingerprint density at radius 2 is 1.86 bits per heavy atom. The number of halogens is 2. The van der Waals surface area contributed by atoms with Crippen LogP contribution in [0.3, 0.4) is 0 Å². The molecule has 9 nitrogen and oxygen atoms in total. The van der Waals surface area contributed by atoms with Gasteiger partial charge in [-0.05, 0) is 55.4 Å². The van der Waals surface area contributed by atoms with Crippen molar-refractivity contribution in [1.29, 1.82) is 5.26 Å². The van der Waals surface area contributed by atoms with Crippen molar-refractivity contribution >= 4 is 46.7 Å². The quantitative estimate of drug-likeness (QED) is 0.420. The van der Waals surface area contributed by atoms with Crippen LogP contribution in [0.2, 0.25) is 10.0 Å². The molecule has 2 saturated heterocycles. The third-order valence-electron chi connectivity index (χ3n) is 6.80. The van der Waals surface area contributed by atoms with E-state index in [1.165, 1.54) is 23.1 Å². The number of amides is 4. The van der Waals surface area contributed by atoms with Crippen molar-refractivity contribution in [3.63, 3.8) is 0 Å². The number of hydrogen-bond donors (Lipinski definition) is 2. The molecule has 188 valence electrons. The summed E-state index contributed by atoms with van der Waals surface area (Å²) in [4.78, 5) is 44.7. The highest BCUT2D eigenvalue weighted by atomic mass is 35.5. The summed E-state index contributed by atoms with van der Waals surface area (Å²) < 4.78 is 0. The lowest BCUT2D eigenvalue weighted by atomic mass is 9.80. The molecule has 4 rings (SSSR count). The Morgan fingerprint density at radius 1 is 1.19 bits per heavy atom. The van der Waals surface area contributed by atoms with Crippen LogP contribution in [-0.4, -0.2) is 73.0 Å².